The van der Waals surface area contributed by atoms with Gasteiger partial charge in [-0.15, -0.1) is 11.3 Å². The van der Waals surface area contributed by atoms with Crippen LogP contribution in [-0.4, -0.2) is 20.8 Å². The Bertz CT molecular complexity index is 1260. The number of aromatic nitrogens is 2. The first kappa shape index (κ1) is 20.2. The number of thiazole rings is 1. The molecule has 0 saturated heterocycles. The highest BCUT2D eigenvalue weighted by Gasteiger charge is 2.17. The maximum Gasteiger partial charge on any atom is 0.272 e. The number of nitrogens with zero attached hydrogens (tertiary/aromatic N) is 3. The molecule has 0 spiro atoms. The van der Waals surface area contributed by atoms with Gasteiger partial charge in [0.25, 0.3) is 11.6 Å². The number of nitrogens with one attached hydrogen (secondary N) is 1. The van der Waals surface area contributed by atoms with Gasteiger partial charge in [-0.3, -0.25) is 20.2 Å². The zero-order chi connectivity index (χ0) is 21.8. The van der Waals surface area contributed by atoms with Gasteiger partial charge in [0, 0.05) is 28.8 Å². The van der Waals surface area contributed by atoms with Gasteiger partial charge < -0.3 is 4.74 Å². The first-order valence-corrected chi connectivity index (χ1v) is 10.1. The van der Waals surface area contributed by atoms with Crippen molar-refractivity contribution in [3.05, 3.63) is 93.5 Å². The Balaban J connectivity index is 1.54. The number of hydrogen-bond acceptors (Lipinski definition) is 7. The summed E-state index contributed by atoms with van der Waals surface area (Å²) >= 11 is 1.22. The lowest BCUT2D eigenvalue weighted by Gasteiger charge is -2.09. The SMILES string of the molecule is Cc1ccc(-c2csc(NC(=O)c3cccnc3Oc3ccccc3)n2)cc1[N+](=O)[O-]. The van der Waals surface area contributed by atoms with Gasteiger partial charge in [-0.2, -0.15) is 0 Å². The molecule has 0 unspecified atom stereocenters. The fraction of sp³-hybridized carbons (Fsp3) is 0.0455. The van der Waals surface area contributed by atoms with Gasteiger partial charge in [-0.25, -0.2) is 9.97 Å². The van der Waals surface area contributed by atoms with Crippen LogP contribution in [0.1, 0.15) is 15.9 Å². The van der Waals surface area contributed by atoms with Gasteiger partial charge in [0.1, 0.15) is 11.3 Å². The number of anilines is 1. The van der Waals surface area contributed by atoms with E-state index in [9.17, 15) is 14.9 Å². The molecule has 1 N–H and O–H groups in total. The van der Waals surface area contributed by atoms with Gasteiger partial charge in [0.2, 0.25) is 5.88 Å². The monoisotopic (exact) mass is 432 g/mol. The molecule has 8 nitrogen and oxygen atoms in total. The van der Waals surface area contributed by atoms with E-state index in [1.807, 2.05) is 18.2 Å². The fourth-order valence-corrected chi connectivity index (χ4v) is 3.55. The van der Waals surface area contributed by atoms with Crippen LogP contribution in [0.4, 0.5) is 10.8 Å². The number of carbonyl (C=O) groups excluding carboxylic acids is 1. The largest absolute Gasteiger partial charge is 0.438 e. The molecule has 0 aliphatic heterocycles. The lowest BCUT2D eigenvalue weighted by Crippen LogP contribution is -2.13. The number of aryl methyl sites for hydroxylation is 1. The van der Waals surface area contributed by atoms with Crippen molar-refractivity contribution < 1.29 is 14.5 Å². The normalized spacial score (nSPS) is 10.5. The Morgan fingerprint density at radius 1 is 1.13 bits per heavy atom. The molecule has 0 aliphatic carbocycles. The van der Waals surface area contributed by atoms with Crippen molar-refractivity contribution in [1.82, 2.24) is 9.97 Å². The van der Waals surface area contributed by atoms with Crippen LogP contribution in [0.5, 0.6) is 11.6 Å². The fourth-order valence-electron chi connectivity index (χ4n) is 2.84. The molecule has 2 heterocycles. The third-order valence-corrected chi connectivity index (χ3v) is 5.16. The predicted molar refractivity (Wildman–Crippen MR) is 118 cm³/mol. The Morgan fingerprint density at radius 2 is 1.94 bits per heavy atom. The number of carbonyl (C=O) groups is 1. The molecule has 4 aromatic rings. The number of amides is 1. The molecule has 154 valence electrons. The van der Waals surface area contributed by atoms with Crippen molar-refractivity contribution in [2.24, 2.45) is 0 Å². The van der Waals surface area contributed by atoms with Gasteiger partial charge >= 0.3 is 0 Å². The van der Waals surface area contributed by atoms with E-state index < -0.39 is 10.8 Å². The maximum atomic E-state index is 12.8. The van der Waals surface area contributed by atoms with Gasteiger partial charge in [0.15, 0.2) is 5.13 Å². The van der Waals surface area contributed by atoms with Crippen LogP contribution < -0.4 is 10.1 Å². The van der Waals surface area contributed by atoms with Gasteiger partial charge in [-0.05, 0) is 31.2 Å². The van der Waals surface area contributed by atoms with Crippen molar-refractivity contribution in [2.75, 3.05) is 5.32 Å². The molecule has 0 bridgehead atoms. The zero-order valence-electron chi connectivity index (χ0n) is 16.3. The van der Waals surface area contributed by atoms with Crippen molar-refractivity contribution in [2.45, 2.75) is 6.92 Å². The average Bonchev–Trinajstić information content (AvgIpc) is 3.23. The highest BCUT2D eigenvalue weighted by Crippen LogP contribution is 2.30. The minimum absolute atomic E-state index is 0.0224. The van der Waals surface area contributed by atoms with Crippen molar-refractivity contribution in [1.29, 1.82) is 0 Å². The topological polar surface area (TPSA) is 107 Å². The molecule has 9 heteroatoms. The number of rotatable bonds is 6. The molecule has 1 amide bonds. The van der Waals surface area contributed by atoms with Crippen LogP contribution in [0, 0.1) is 17.0 Å². The Kier molecular flexibility index (Phi) is 5.67. The minimum atomic E-state index is -0.426. The van der Waals surface area contributed by atoms with Crippen LogP contribution in [0.3, 0.4) is 0 Å². The molecule has 0 atom stereocenters. The van der Waals surface area contributed by atoms with Crippen molar-refractivity contribution in [3.63, 3.8) is 0 Å². The molecular formula is C22H16N4O4S. The summed E-state index contributed by atoms with van der Waals surface area (Å²) in [5.41, 5.74) is 1.99. The summed E-state index contributed by atoms with van der Waals surface area (Å²) in [5, 5.41) is 16.0. The molecule has 2 aromatic heterocycles. The average molecular weight is 432 g/mol. The van der Waals surface area contributed by atoms with Crippen LogP contribution >= 0.6 is 11.3 Å². The molecular weight excluding hydrogens is 416 g/mol. The Hall–Kier alpha value is -4.11. The molecule has 2 aromatic carbocycles. The first-order chi connectivity index (χ1) is 15.0. The van der Waals surface area contributed by atoms with Crippen LogP contribution in [0.25, 0.3) is 11.3 Å². The maximum absolute atomic E-state index is 12.8. The standard InChI is InChI=1S/C22H16N4O4S/c1-14-9-10-15(12-19(14)26(28)29)18-13-31-22(24-18)25-20(27)17-8-5-11-23-21(17)30-16-6-3-2-4-7-16/h2-13H,1H3,(H,24,25,27). The minimum Gasteiger partial charge on any atom is -0.438 e. The molecule has 0 radical (unpaired) electrons. The number of para-hydroxylation sites is 1. The van der Waals surface area contributed by atoms with E-state index in [4.69, 9.17) is 4.74 Å². The summed E-state index contributed by atoms with van der Waals surface area (Å²) in [6.45, 7) is 1.68. The molecule has 31 heavy (non-hydrogen) atoms. The second-order valence-electron chi connectivity index (χ2n) is 6.52. The summed E-state index contributed by atoms with van der Waals surface area (Å²) in [4.78, 5) is 32.1. The molecule has 0 aliphatic rings. The number of nitro benzene ring substituents is 1. The Labute approximate surface area is 181 Å². The summed E-state index contributed by atoms with van der Waals surface area (Å²) in [7, 11) is 0. The lowest BCUT2D eigenvalue weighted by molar-refractivity contribution is -0.385. The quantitative estimate of drug-likeness (QED) is 0.320. The highest BCUT2D eigenvalue weighted by atomic mass is 32.1. The van der Waals surface area contributed by atoms with E-state index in [1.54, 1.807) is 54.9 Å². The second-order valence-corrected chi connectivity index (χ2v) is 7.38. The van der Waals surface area contributed by atoms with E-state index in [0.717, 1.165) is 0 Å². The predicted octanol–water partition coefficient (Wildman–Crippen LogP) is 5.47. The summed E-state index contributed by atoms with van der Waals surface area (Å²) in [5.74, 6) is 0.319. The van der Waals surface area contributed by atoms with E-state index in [-0.39, 0.29) is 17.1 Å². The third kappa shape index (κ3) is 4.57. The van der Waals surface area contributed by atoms with E-state index in [2.05, 4.69) is 15.3 Å². The van der Waals surface area contributed by atoms with Crippen LogP contribution in [-0.2, 0) is 0 Å². The zero-order valence-corrected chi connectivity index (χ0v) is 17.1. The summed E-state index contributed by atoms with van der Waals surface area (Å²) < 4.78 is 5.74. The van der Waals surface area contributed by atoms with Crippen LogP contribution in [0.2, 0.25) is 0 Å². The van der Waals surface area contributed by atoms with E-state index in [0.29, 0.717) is 27.7 Å². The third-order valence-electron chi connectivity index (χ3n) is 4.40. The molecule has 0 fully saturated rings. The van der Waals surface area contributed by atoms with E-state index in [1.165, 1.54) is 17.4 Å². The molecule has 0 saturated carbocycles. The number of ether oxygens (including phenoxy) is 1. The molecule has 4 rings (SSSR count). The number of hydrogen-bond donors (Lipinski definition) is 1. The number of benzene rings is 2. The van der Waals surface area contributed by atoms with Gasteiger partial charge in [0.05, 0.1) is 10.6 Å². The second kappa shape index (κ2) is 8.72. The number of nitro groups is 1. The van der Waals surface area contributed by atoms with Crippen molar-refractivity contribution in [3.8, 4) is 22.9 Å². The van der Waals surface area contributed by atoms with Crippen LogP contribution in [0.15, 0.2) is 72.2 Å². The lowest BCUT2D eigenvalue weighted by atomic mass is 10.1. The van der Waals surface area contributed by atoms with Gasteiger partial charge in [-0.1, -0.05) is 30.3 Å². The van der Waals surface area contributed by atoms with E-state index >= 15 is 0 Å². The first-order valence-electron chi connectivity index (χ1n) is 9.21. The van der Waals surface area contributed by atoms with Crippen molar-refractivity contribution >= 4 is 28.1 Å². The smallest absolute Gasteiger partial charge is 0.272 e. The number of pyridine rings is 1. The highest BCUT2D eigenvalue weighted by molar-refractivity contribution is 7.14. The Morgan fingerprint density at radius 3 is 2.71 bits per heavy atom. The summed E-state index contributed by atoms with van der Waals surface area (Å²) in [6, 6.07) is 17.2. The summed E-state index contributed by atoms with van der Waals surface area (Å²) in [6.07, 6.45) is 1.54.